The Morgan fingerprint density at radius 2 is 1.79 bits per heavy atom. The number of nitrogens with two attached hydrogens (primary N) is 1. The largest absolute Gasteiger partial charge is 0.323 e. The van der Waals surface area contributed by atoms with Gasteiger partial charge in [0.15, 0.2) is 0 Å². The topological polar surface area (TPSA) is 84.2 Å². The molecule has 0 fully saturated rings. The summed E-state index contributed by atoms with van der Waals surface area (Å²) in [4.78, 5) is 23.5. The van der Waals surface area contributed by atoms with Gasteiger partial charge in [0.1, 0.15) is 0 Å². The predicted molar refractivity (Wildman–Crippen MR) is 98.0 cm³/mol. The molecule has 0 aliphatic carbocycles. The molecule has 0 radical (unpaired) electrons. The van der Waals surface area contributed by atoms with Crippen molar-refractivity contribution >= 4 is 40.9 Å². The van der Waals surface area contributed by atoms with Crippen molar-refractivity contribution in [3.8, 4) is 0 Å². The van der Waals surface area contributed by atoms with E-state index in [1.807, 2.05) is 31.2 Å². The van der Waals surface area contributed by atoms with Gasteiger partial charge in [0.2, 0.25) is 11.8 Å². The second-order valence-corrected chi connectivity index (χ2v) is 5.61. The van der Waals surface area contributed by atoms with Crippen LogP contribution in [0.15, 0.2) is 48.5 Å². The first-order chi connectivity index (χ1) is 11.5. The summed E-state index contributed by atoms with van der Waals surface area (Å²) >= 11 is 5.92. The molecule has 0 saturated heterocycles. The minimum atomic E-state index is -0.372. The van der Waals surface area contributed by atoms with E-state index in [0.717, 1.165) is 11.1 Å². The Bertz CT molecular complexity index is 770. The van der Waals surface area contributed by atoms with Crippen molar-refractivity contribution in [2.24, 2.45) is 5.73 Å². The van der Waals surface area contributed by atoms with E-state index in [2.05, 4.69) is 10.6 Å². The van der Waals surface area contributed by atoms with Crippen LogP contribution in [-0.4, -0.2) is 18.4 Å². The maximum Gasteiger partial charge on any atom is 0.248 e. The third-order valence-electron chi connectivity index (χ3n) is 3.20. The highest BCUT2D eigenvalue weighted by atomic mass is 35.5. The van der Waals surface area contributed by atoms with Crippen LogP contribution < -0.4 is 16.4 Å². The van der Waals surface area contributed by atoms with E-state index in [9.17, 15) is 9.59 Å². The normalized spacial score (nSPS) is 10.6. The molecule has 0 atom stereocenters. The van der Waals surface area contributed by atoms with Crippen LogP contribution in [0, 0.1) is 6.92 Å². The van der Waals surface area contributed by atoms with Gasteiger partial charge in [0.05, 0.1) is 17.9 Å². The Labute approximate surface area is 145 Å². The molecule has 4 N–H and O–H groups in total. The van der Waals surface area contributed by atoms with E-state index in [-0.39, 0.29) is 18.4 Å². The van der Waals surface area contributed by atoms with Crippen LogP contribution in [0.4, 0.5) is 11.4 Å². The van der Waals surface area contributed by atoms with Crippen molar-refractivity contribution in [1.82, 2.24) is 0 Å². The zero-order valence-corrected chi connectivity index (χ0v) is 13.9. The number of carbonyl (C=O) groups is 2. The fourth-order valence-corrected chi connectivity index (χ4v) is 2.13. The van der Waals surface area contributed by atoms with Crippen LogP contribution in [0.5, 0.6) is 0 Å². The number of benzene rings is 2. The second-order valence-electron chi connectivity index (χ2n) is 5.18. The molecule has 0 bridgehead atoms. The minimum Gasteiger partial charge on any atom is -0.323 e. The van der Waals surface area contributed by atoms with Gasteiger partial charge >= 0.3 is 0 Å². The molecule has 2 aromatic carbocycles. The summed E-state index contributed by atoms with van der Waals surface area (Å²) in [6.45, 7) is 1.84. The molecule has 0 heterocycles. The van der Waals surface area contributed by atoms with Crippen molar-refractivity contribution < 1.29 is 9.59 Å². The van der Waals surface area contributed by atoms with Gasteiger partial charge < -0.3 is 16.4 Å². The van der Waals surface area contributed by atoms with E-state index in [1.54, 1.807) is 24.3 Å². The average Bonchev–Trinajstić information content (AvgIpc) is 2.56. The highest BCUT2D eigenvalue weighted by molar-refractivity contribution is 6.31. The average molecular weight is 344 g/mol. The first-order valence-electron chi connectivity index (χ1n) is 7.33. The number of hydrogen-bond donors (Lipinski definition) is 3. The van der Waals surface area contributed by atoms with E-state index < -0.39 is 0 Å². The molecule has 0 aromatic heterocycles. The molecule has 2 aromatic rings. The molecule has 0 unspecified atom stereocenters. The number of hydrogen-bond acceptors (Lipinski definition) is 3. The van der Waals surface area contributed by atoms with Crippen LogP contribution in [0.1, 0.15) is 11.1 Å². The summed E-state index contributed by atoms with van der Waals surface area (Å²) in [7, 11) is 0. The van der Waals surface area contributed by atoms with E-state index >= 15 is 0 Å². The molecule has 0 aliphatic heterocycles. The van der Waals surface area contributed by atoms with Crippen molar-refractivity contribution in [2.45, 2.75) is 6.92 Å². The molecule has 124 valence electrons. The number of nitrogens with one attached hydrogen (secondary N) is 2. The van der Waals surface area contributed by atoms with Gasteiger partial charge in [-0.3, -0.25) is 9.59 Å². The molecule has 24 heavy (non-hydrogen) atoms. The molecule has 6 heteroatoms. The monoisotopic (exact) mass is 343 g/mol. The summed E-state index contributed by atoms with van der Waals surface area (Å²) in [5.74, 6) is -0.691. The number of rotatable bonds is 5. The quantitative estimate of drug-likeness (QED) is 0.729. The van der Waals surface area contributed by atoms with Crippen LogP contribution in [-0.2, 0) is 9.59 Å². The molecule has 5 nitrogen and oxygen atoms in total. The lowest BCUT2D eigenvalue weighted by atomic mass is 10.1. The molecule has 0 spiro atoms. The van der Waals surface area contributed by atoms with Crippen molar-refractivity contribution in [3.63, 3.8) is 0 Å². The SMILES string of the molecule is Cc1ccc(/C=C/C(=O)Nc2ccc(Cl)cc2NC(=O)CN)cc1. The Morgan fingerprint density at radius 1 is 1.08 bits per heavy atom. The van der Waals surface area contributed by atoms with Crippen LogP contribution >= 0.6 is 11.6 Å². The van der Waals surface area contributed by atoms with Crippen molar-refractivity contribution in [3.05, 3.63) is 64.7 Å². The molecular weight excluding hydrogens is 326 g/mol. The fraction of sp³-hybridized carbons (Fsp3) is 0.111. The minimum absolute atomic E-state index is 0.159. The Morgan fingerprint density at radius 3 is 2.46 bits per heavy atom. The lowest BCUT2D eigenvalue weighted by Gasteiger charge is -2.11. The number of anilines is 2. The Kier molecular flexibility index (Phi) is 6.12. The number of carbonyl (C=O) groups excluding carboxylic acids is 2. The lowest BCUT2D eigenvalue weighted by Crippen LogP contribution is -2.23. The van der Waals surface area contributed by atoms with Crippen molar-refractivity contribution in [2.75, 3.05) is 17.2 Å². The number of halogens is 1. The lowest BCUT2D eigenvalue weighted by molar-refractivity contribution is -0.115. The van der Waals surface area contributed by atoms with E-state index in [0.29, 0.717) is 16.4 Å². The predicted octanol–water partition coefficient (Wildman–Crippen LogP) is 3.20. The summed E-state index contributed by atoms with van der Waals surface area (Å²) in [6.07, 6.45) is 3.14. The van der Waals surface area contributed by atoms with Gasteiger partial charge in [-0.25, -0.2) is 0 Å². The molecular formula is C18H18ClN3O2. The fourth-order valence-electron chi connectivity index (χ4n) is 1.95. The number of aryl methyl sites for hydroxylation is 1. The van der Waals surface area contributed by atoms with Gasteiger partial charge in [-0.1, -0.05) is 41.4 Å². The summed E-state index contributed by atoms with van der Waals surface area (Å²) in [6, 6.07) is 12.6. The van der Waals surface area contributed by atoms with Gasteiger partial charge in [-0.2, -0.15) is 0 Å². The highest BCUT2D eigenvalue weighted by Gasteiger charge is 2.08. The van der Waals surface area contributed by atoms with Crippen LogP contribution in [0.25, 0.3) is 6.08 Å². The van der Waals surface area contributed by atoms with E-state index in [1.165, 1.54) is 6.08 Å². The second kappa shape index (κ2) is 8.29. The maximum absolute atomic E-state index is 12.1. The Balaban J connectivity index is 2.10. The molecule has 2 amide bonds. The third kappa shape index (κ3) is 5.22. The zero-order chi connectivity index (χ0) is 17.5. The Hall–Kier alpha value is -2.63. The summed E-state index contributed by atoms with van der Waals surface area (Å²) in [5, 5.41) is 5.75. The van der Waals surface area contributed by atoms with Gasteiger partial charge in [-0.15, -0.1) is 0 Å². The number of amides is 2. The first kappa shape index (κ1) is 17.7. The smallest absolute Gasteiger partial charge is 0.248 e. The zero-order valence-electron chi connectivity index (χ0n) is 13.2. The highest BCUT2D eigenvalue weighted by Crippen LogP contribution is 2.25. The van der Waals surface area contributed by atoms with Gasteiger partial charge in [-0.05, 0) is 36.8 Å². The third-order valence-corrected chi connectivity index (χ3v) is 3.44. The van der Waals surface area contributed by atoms with Gasteiger partial charge in [0, 0.05) is 11.1 Å². The standard InChI is InChI=1S/C18H18ClN3O2/c1-12-2-4-13(5-3-12)6-9-17(23)21-15-8-7-14(19)10-16(15)22-18(24)11-20/h2-10H,11,20H2,1H3,(H,21,23)(H,22,24)/b9-6+. The summed E-state index contributed by atoms with van der Waals surface area (Å²) in [5.41, 5.74) is 8.20. The summed E-state index contributed by atoms with van der Waals surface area (Å²) < 4.78 is 0. The molecule has 0 aliphatic rings. The maximum atomic E-state index is 12.1. The van der Waals surface area contributed by atoms with Crippen molar-refractivity contribution in [1.29, 1.82) is 0 Å². The van der Waals surface area contributed by atoms with Gasteiger partial charge in [0.25, 0.3) is 0 Å². The first-order valence-corrected chi connectivity index (χ1v) is 7.71. The molecule has 0 saturated carbocycles. The van der Waals surface area contributed by atoms with E-state index in [4.69, 9.17) is 17.3 Å². The molecule has 2 rings (SSSR count). The van der Waals surface area contributed by atoms with Crippen LogP contribution in [0.3, 0.4) is 0 Å². The van der Waals surface area contributed by atoms with Crippen LogP contribution in [0.2, 0.25) is 5.02 Å².